The second kappa shape index (κ2) is 34.1. The number of pyridine rings is 2. The Kier molecular flexibility index (Phi) is 19.9. The molecule has 0 N–H and O–H groups in total. The molecule has 6 heterocycles. The molecule has 6 aromatic heterocycles. The molecular weight excluding hydrogens is 1700 g/mol. The third-order valence-electron chi connectivity index (χ3n) is 28.2. The maximum atomic E-state index is 12.6. The van der Waals surface area contributed by atoms with Crippen LogP contribution in [0.1, 0.15) is 11.1 Å². The van der Waals surface area contributed by atoms with Gasteiger partial charge in [0.25, 0.3) is 0 Å². The molecule has 140 heavy (non-hydrogen) atoms. The van der Waals surface area contributed by atoms with Crippen molar-refractivity contribution in [3.63, 3.8) is 0 Å². The fourth-order valence-corrected chi connectivity index (χ4v) is 22.1. The minimum absolute atomic E-state index is 0.512. The van der Waals surface area contributed by atoms with Crippen LogP contribution in [-0.2, 0) is 0 Å². The minimum atomic E-state index is 0.512. The first kappa shape index (κ1) is 81.6. The normalized spacial score (nSPS) is 11.6. The smallest absolute Gasteiger partial charge is 0.104 e. The average molecular weight is 1780 g/mol. The Hall–Kier alpha value is -19.1. The molecular formula is C132H82N8. The first-order valence-corrected chi connectivity index (χ1v) is 47.4. The number of nitrogens with zero attached hydrogens (tertiary/aromatic N) is 8. The highest BCUT2D eigenvalue weighted by Gasteiger charge is 2.31. The van der Waals surface area contributed by atoms with Crippen LogP contribution >= 0.6 is 0 Å². The van der Waals surface area contributed by atoms with E-state index >= 15 is 0 Å². The van der Waals surface area contributed by atoms with E-state index in [1.165, 1.54) is 0 Å². The van der Waals surface area contributed by atoms with Crippen molar-refractivity contribution in [2.24, 2.45) is 0 Å². The number of rotatable bonds is 17. The van der Waals surface area contributed by atoms with E-state index in [9.17, 15) is 10.5 Å². The molecule has 20 aromatic carbocycles. The van der Waals surface area contributed by atoms with Crippen molar-refractivity contribution in [3.8, 4) is 180 Å². The molecule has 0 aliphatic carbocycles. The number of hydrogen-bond acceptors (Lipinski definition) is 4. The van der Waals surface area contributed by atoms with Crippen LogP contribution in [0.5, 0.6) is 0 Å². The Balaban J connectivity index is 0.649. The van der Waals surface area contributed by atoms with Crippen molar-refractivity contribution < 1.29 is 0 Å². The van der Waals surface area contributed by atoms with Crippen LogP contribution < -0.4 is 0 Å². The zero-order valence-electron chi connectivity index (χ0n) is 75.9. The van der Waals surface area contributed by atoms with Gasteiger partial charge in [-0.15, -0.1) is 0 Å². The molecule has 0 saturated heterocycles. The molecule has 8 heteroatoms. The third-order valence-corrected chi connectivity index (χ3v) is 28.2. The Morgan fingerprint density at radius 3 is 0.721 bits per heavy atom. The monoisotopic (exact) mass is 1780 g/mol. The van der Waals surface area contributed by atoms with Gasteiger partial charge in [0, 0.05) is 66.6 Å². The van der Waals surface area contributed by atoms with Gasteiger partial charge < -0.3 is 18.3 Å². The molecule has 0 unspecified atom stereocenters. The predicted molar refractivity (Wildman–Crippen MR) is 579 cm³/mol. The summed E-state index contributed by atoms with van der Waals surface area (Å²) in [4.78, 5) is 9.94. The lowest BCUT2D eigenvalue weighted by Gasteiger charge is -2.19. The maximum absolute atomic E-state index is 12.6. The molecule has 26 aromatic rings. The molecule has 0 radical (unpaired) electrons. The molecule has 0 amide bonds. The predicted octanol–water partition coefficient (Wildman–Crippen LogP) is 34.3. The van der Waals surface area contributed by atoms with Gasteiger partial charge >= 0.3 is 0 Å². The van der Waals surface area contributed by atoms with Gasteiger partial charge in [-0.05, 0) is 232 Å². The number of hydrogen-bond donors (Lipinski definition) is 0. The maximum Gasteiger partial charge on any atom is 0.104 e. The summed E-state index contributed by atoms with van der Waals surface area (Å²) in [5, 5.41) is 33.5. The SMILES string of the molecule is N#Cc1c(-n2c3ccccc3c3c(-c4ccccc4-c4ccccc4)cccc32)cc(-c2ccncc2)cc1-n1c2ccccc2c2c(-c3ccc(-c4ccc(-c5cccc6c5c5ccccc5n6-c5cc(-c6cc(-c7ccccc7)nc(-c7ccccc7)c6)cc(-n6c7ccccc7c7c(-c8ccccc8-c8ccccc8)cccc76)c5C#N)c(-c5ccccc5)c4)cc3-c3ccccc3)cccc21. The molecule has 0 aliphatic heterocycles. The van der Waals surface area contributed by atoms with Gasteiger partial charge in [0.05, 0.1) is 78.3 Å². The summed E-state index contributed by atoms with van der Waals surface area (Å²) in [6, 6.07) is 180. The zero-order valence-corrected chi connectivity index (χ0v) is 75.9. The summed E-state index contributed by atoms with van der Waals surface area (Å²) < 4.78 is 9.35. The Labute approximate surface area is 808 Å². The highest BCUT2D eigenvalue weighted by molar-refractivity contribution is 6.22. The minimum Gasteiger partial charge on any atom is -0.308 e. The van der Waals surface area contributed by atoms with Gasteiger partial charge in [0.15, 0.2) is 0 Å². The molecule has 0 aliphatic rings. The fraction of sp³-hybridized carbons (Fsp3) is 0. The quantitative estimate of drug-likeness (QED) is 0.0908. The van der Waals surface area contributed by atoms with E-state index < -0.39 is 0 Å². The van der Waals surface area contributed by atoms with Crippen LogP contribution in [0.15, 0.2) is 498 Å². The van der Waals surface area contributed by atoms with E-state index in [1.54, 1.807) is 0 Å². The Morgan fingerprint density at radius 2 is 0.407 bits per heavy atom. The number of nitriles is 2. The molecule has 0 atom stereocenters. The van der Waals surface area contributed by atoms with Gasteiger partial charge in [-0.2, -0.15) is 10.5 Å². The van der Waals surface area contributed by atoms with Crippen molar-refractivity contribution in [3.05, 3.63) is 509 Å². The van der Waals surface area contributed by atoms with Gasteiger partial charge in [-0.1, -0.05) is 376 Å². The van der Waals surface area contributed by atoms with Crippen LogP contribution in [0, 0.1) is 22.7 Å². The first-order chi connectivity index (χ1) is 69.4. The topological polar surface area (TPSA) is 93.1 Å². The van der Waals surface area contributed by atoms with E-state index in [2.05, 4.69) is 509 Å². The average Bonchev–Trinajstić information content (AvgIpc) is 1.56. The number of aromatic nitrogens is 6. The summed E-state index contributed by atoms with van der Waals surface area (Å²) in [6.07, 6.45) is 3.69. The second-order valence-corrected chi connectivity index (χ2v) is 35.9. The van der Waals surface area contributed by atoms with Gasteiger partial charge in [0.2, 0.25) is 0 Å². The van der Waals surface area contributed by atoms with Crippen molar-refractivity contribution >= 4 is 87.2 Å². The molecule has 0 spiro atoms. The lowest BCUT2D eigenvalue weighted by atomic mass is 9.87. The summed E-state index contributed by atoms with van der Waals surface area (Å²) >= 11 is 0. The number of fused-ring (bicyclic) bond motifs is 12. The highest BCUT2D eigenvalue weighted by Crippen LogP contribution is 2.52. The van der Waals surface area contributed by atoms with E-state index in [4.69, 9.17) is 4.98 Å². The zero-order chi connectivity index (χ0) is 92.8. The number of benzene rings is 20. The van der Waals surface area contributed by atoms with Gasteiger partial charge in [-0.25, -0.2) is 4.98 Å². The second-order valence-electron chi connectivity index (χ2n) is 35.9. The molecule has 0 fully saturated rings. The molecule has 8 nitrogen and oxygen atoms in total. The molecule has 650 valence electrons. The van der Waals surface area contributed by atoms with Crippen LogP contribution in [0.25, 0.3) is 255 Å². The first-order valence-electron chi connectivity index (χ1n) is 47.4. The van der Waals surface area contributed by atoms with Crippen molar-refractivity contribution in [1.29, 1.82) is 10.5 Å². The summed E-state index contributed by atoms with van der Waals surface area (Å²) in [5.41, 5.74) is 38.9. The van der Waals surface area contributed by atoms with Crippen LogP contribution in [0.4, 0.5) is 0 Å². The lowest BCUT2D eigenvalue weighted by molar-refractivity contribution is 1.12. The van der Waals surface area contributed by atoms with Crippen molar-refractivity contribution in [2.45, 2.75) is 0 Å². The summed E-state index contributed by atoms with van der Waals surface area (Å²) in [7, 11) is 0. The van der Waals surface area contributed by atoms with Gasteiger partial charge in [-0.3, -0.25) is 4.98 Å². The summed E-state index contributed by atoms with van der Waals surface area (Å²) in [5.74, 6) is 0. The van der Waals surface area contributed by atoms with Crippen molar-refractivity contribution in [2.75, 3.05) is 0 Å². The van der Waals surface area contributed by atoms with Crippen LogP contribution in [-0.4, -0.2) is 28.2 Å². The molecule has 0 saturated carbocycles. The third kappa shape index (κ3) is 13.6. The van der Waals surface area contributed by atoms with E-state index in [-0.39, 0.29) is 0 Å². The van der Waals surface area contributed by atoms with E-state index in [1.807, 2.05) is 24.5 Å². The van der Waals surface area contributed by atoms with E-state index in [0.29, 0.717) is 11.1 Å². The highest BCUT2D eigenvalue weighted by atomic mass is 15.0. The lowest BCUT2D eigenvalue weighted by Crippen LogP contribution is -2.05. The molecule has 0 bridgehead atoms. The Bertz CT molecular complexity index is 9490. The van der Waals surface area contributed by atoms with Crippen molar-refractivity contribution in [1.82, 2.24) is 28.2 Å². The fourth-order valence-electron chi connectivity index (χ4n) is 22.1. The molecule has 26 rings (SSSR count). The van der Waals surface area contributed by atoms with Gasteiger partial charge in [0.1, 0.15) is 23.3 Å². The number of para-hydroxylation sites is 4. The summed E-state index contributed by atoms with van der Waals surface area (Å²) in [6.45, 7) is 0. The standard InChI is InChI=1S/C132H82N8/c133-83-113-125(137-117-59-27-23-51-107(117)129-103(55-31-63-121(129)137)99-49-21-19-47-97(99)86-35-7-1-8-36-86)79-95(85-71-73-135-74-72-85)80-126(113)138-119-61-29-25-53-109(119)131-105(57-33-65-123(131)138)101-69-67-92(75-111(101)88-39-11-3-12-40-88)93-68-70-102(112(76-93)89-41-13-4-14-42-89)106-58-34-66-124-132(106)110-54-26-30-62-120(110)140(124)128-82-96(94-77-115(90-43-15-5-16-44-90)136-116(78-94)91-45-17-6-18-46-91)81-127(114(128)84-134)139-118-60-28-24-52-108(118)130-104(56-32-64-122(130)139)100-50-22-20-48-98(100)87-37-9-2-10-38-87/h1-82H. The van der Waals surface area contributed by atoms with Crippen LogP contribution in [0.2, 0.25) is 0 Å². The van der Waals surface area contributed by atoms with E-state index in [0.717, 1.165) is 255 Å². The van der Waals surface area contributed by atoms with Crippen LogP contribution in [0.3, 0.4) is 0 Å². The Morgan fingerprint density at radius 1 is 0.164 bits per heavy atom. The largest absolute Gasteiger partial charge is 0.308 e.